The molecule has 5 heteroatoms. The second kappa shape index (κ2) is 4.26. The predicted octanol–water partition coefficient (Wildman–Crippen LogP) is -0.119. The van der Waals surface area contributed by atoms with Crippen LogP contribution in [-0.2, 0) is 9.53 Å². The number of carbonyl (C=O) groups excluding carboxylic acids is 1. The molecule has 4 nitrogen and oxygen atoms in total. The summed E-state index contributed by atoms with van der Waals surface area (Å²) >= 11 is 5.29. The molecule has 0 aromatic rings. The SMILES string of the molecule is CC1OCCC1(O)CNC(=O)CCl. The molecule has 1 heterocycles. The lowest BCUT2D eigenvalue weighted by atomic mass is 9.97. The Hall–Kier alpha value is -0.320. The standard InChI is InChI=1S/C8H14ClNO3/c1-6-8(12,2-3-13-6)5-10-7(11)4-9/h6,12H,2-5H2,1H3,(H,10,11). The van der Waals surface area contributed by atoms with Gasteiger partial charge in [-0.15, -0.1) is 11.6 Å². The number of carbonyl (C=O) groups is 1. The van der Waals surface area contributed by atoms with Crippen LogP contribution < -0.4 is 5.32 Å². The van der Waals surface area contributed by atoms with Gasteiger partial charge in [-0.1, -0.05) is 0 Å². The van der Waals surface area contributed by atoms with Crippen molar-refractivity contribution in [3.8, 4) is 0 Å². The van der Waals surface area contributed by atoms with Gasteiger partial charge in [0.15, 0.2) is 0 Å². The minimum Gasteiger partial charge on any atom is -0.385 e. The Morgan fingerprint density at radius 2 is 2.54 bits per heavy atom. The summed E-state index contributed by atoms with van der Waals surface area (Å²) in [6.07, 6.45) is 0.319. The third-order valence-electron chi connectivity index (χ3n) is 2.37. The summed E-state index contributed by atoms with van der Waals surface area (Å²) in [7, 11) is 0. The van der Waals surface area contributed by atoms with Gasteiger partial charge in [0.05, 0.1) is 6.10 Å². The molecule has 0 radical (unpaired) electrons. The van der Waals surface area contributed by atoms with E-state index in [2.05, 4.69) is 5.32 Å². The number of hydrogen-bond donors (Lipinski definition) is 2. The predicted molar refractivity (Wildman–Crippen MR) is 48.7 cm³/mol. The van der Waals surface area contributed by atoms with E-state index in [4.69, 9.17) is 16.3 Å². The van der Waals surface area contributed by atoms with Crippen molar-refractivity contribution in [1.29, 1.82) is 0 Å². The monoisotopic (exact) mass is 207 g/mol. The van der Waals surface area contributed by atoms with Crippen LogP contribution in [0.5, 0.6) is 0 Å². The van der Waals surface area contributed by atoms with E-state index in [0.29, 0.717) is 13.0 Å². The largest absolute Gasteiger partial charge is 0.385 e. The van der Waals surface area contributed by atoms with Gasteiger partial charge in [0, 0.05) is 19.6 Å². The zero-order valence-corrected chi connectivity index (χ0v) is 8.30. The fourth-order valence-corrected chi connectivity index (χ4v) is 1.40. The quantitative estimate of drug-likeness (QED) is 0.635. The molecule has 1 amide bonds. The highest BCUT2D eigenvalue weighted by Crippen LogP contribution is 2.24. The molecule has 0 saturated carbocycles. The average molecular weight is 208 g/mol. The number of ether oxygens (including phenoxy) is 1. The van der Waals surface area contributed by atoms with E-state index in [9.17, 15) is 9.90 Å². The maximum Gasteiger partial charge on any atom is 0.235 e. The third-order valence-corrected chi connectivity index (χ3v) is 2.62. The number of nitrogens with one attached hydrogen (secondary N) is 1. The van der Waals surface area contributed by atoms with Gasteiger partial charge < -0.3 is 15.2 Å². The Balaban J connectivity index is 2.38. The van der Waals surface area contributed by atoms with Gasteiger partial charge in [-0.2, -0.15) is 0 Å². The molecule has 1 aliphatic rings. The minimum absolute atomic E-state index is 0.0781. The molecule has 1 fully saturated rings. The Labute approximate surface area is 82.2 Å². The van der Waals surface area contributed by atoms with Crippen LogP contribution in [0.25, 0.3) is 0 Å². The van der Waals surface area contributed by atoms with E-state index in [1.165, 1.54) is 0 Å². The van der Waals surface area contributed by atoms with Crippen LogP contribution in [0.15, 0.2) is 0 Å². The van der Waals surface area contributed by atoms with E-state index in [1.807, 2.05) is 0 Å². The summed E-state index contributed by atoms with van der Waals surface area (Å²) in [5, 5.41) is 12.5. The van der Waals surface area contributed by atoms with Gasteiger partial charge in [-0.25, -0.2) is 0 Å². The summed E-state index contributed by atoms with van der Waals surface area (Å²) in [6, 6.07) is 0. The lowest BCUT2D eigenvalue weighted by molar-refractivity contribution is -0.120. The van der Waals surface area contributed by atoms with Crippen molar-refractivity contribution >= 4 is 17.5 Å². The van der Waals surface area contributed by atoms with Crippen molar-refractivity contribution in [2.45, 2.75) is 25.0 Å². The summed E-state index contributed by atoms with van der Waals surface area (Å²) in [6.45, 7) is 2.54. The molecule has 76 valence electrons. The summed E-state index contributed by atoms with van der Waals surface area (Å²) < 4.78 is 5.20. The first-order valence-corrected chi connectivity index (χ1v) is 4.78. The highest BCUT2D eigenvalue weighted by Gasteiger charge is 2.39. The van der Waals surface area contributed by atoms with E-state index >= 15 is 0 Å². The Morgan fingerprint density at radius 1 is 1.85 bits per heavy atom. The van der Waals surface area contributed by atoms with Crippen LogP contribution in [0.2, 0.25) is 0 Å². The molecule has 0 aliphatic carbocycles. The summed E-state index contributed by atoms with van der Waals surface area (Å²) in [4.78, 5) is 10.8. The zero-order chi connectivity index (χ0) is 9.90. The first-order chi connectivity index (χ1) is 6.08. The second-order valence-electron chi connectivity index (χ2n) is 3.28. The van der Waals surface area contributed by atoms with Crippen molar-refractivity contribution in [1.82, 2.24) is 5.32 Å². The molecule has 0 bridgehead atoms. The lowest BCUT2D eigenvalue weighted by Crippen LogP contribution is -2.47. The zero-order valence-electron chi connectivity index (χ0n) is 7.55. The van der Waals surface area contributed by atoms with E-state index in [-0.39, 0.29) is 24.4 Å². The van der Waals surface area contributed by atoms with Crippen molar-refractivity contribution in [3.05, 3.63) is 0 Å². The molecule has 1 aliphatic heterocycles. The Bertz CT molecular complexity index is 200. The molecular weight excluding hydrogens is 194 g/mol. The summed E-state index contributed by atoms with van der Waals surface area (Å²) in [5.74, 6) is -0.347. The van der Waals surface area contributed by atoms with Crippen LogP contribution in [-0.4, -0.2) is 41.8 Å². The fraction of sp³-hybridized carbons (Fsp3) is 0.875. The fourth-order valence-electron chi connectivity index (χ4n) is 1.30. The normalized spacial score (nSPS) is 33.3. The number of alkyl halides is 1. The minimum atomic E-state index is -0.929. The van der Waals surface area contributed by atoms with E-state index in [0.717, 1.165) is 0 Å². The molecule has 0 aromatic heterocycles. The van der Waals surface area contributed by atoms with Crippen molar-refractivity contribution in [3.63, 3.8) is 0 Å². The lowest BCUT2D eigenvalue weighted by Gasteiger charge is -2.25. The Kier molecular flexibility index (Phi) is 3.53. The van der Waals surface area contributed by atoms with Gasteiger partial charge in [0.2, 0.25) is 5.91 Å². The first kappa shape index (κ1) is 10.8. The number of amides is 1. The average Bonchev–Trinajstić information content (AvgIpc) is 2.44. The van der Waals surface area contributed by atoms with Crippen molar-refractivity contribution in [2.24, 2.45) is 0 Å². The highest BCUT2D eigenvalue weighted by atomic mass is 35.5. The van der Waals surface area contributed by atoms with Gasteiger partial charge in [0.25, 0.3) is 0 Å². The molecule has 0 spiro atoms. The van der Waals surface area contributed by atoms with Gasteiger partial charge >= 0.3 is 0 Å². The molecule has 0 aromatic carbocycles. The molecule has 1 saturated heterocycles. The topological polar surface area (TPSA) is 58.6 Å². The van der Waals surface area contributed by atoms with Crippen molar-refractivity contribution < 1.29 is 14.6 Å². The van der Waals surface area contributed by atoms with Crippen LogP contribution in [0.1, 0.15) is 13.3 Å². The van der Waals surface area contributed by atoms with Gasteiger partial charge in [-0.05, 0) is 6.92 Å². The summed E-state index contributed by atoms with van der Waals surface area (Å²) in [5.41, 5.74) is -0.929. The van der Waals surface area contributed by atoms with E-state index < -0.39 is 5.60 Å². The van der Waals surface area contributed by atoms with Crippen molar-refractivity contribution in [2.75, 3.05) is 19.0 Å². The van der Waals surface area contributed by atoms with Gasteiger partial charge in [0.1, 0.15) is 11.5 Å². The molecule has 2 atom stereocenters. The maximum atomic E-state index is 10.8. The molecule has 13 heavy (non-hydrogen) atoms. The van der Waals surface area contributed by atoms with Crippen LogP contribution >= 0.6 is 11.6 Å². The Morgan fingerprint density at radius 3 is 3.00 bits per heavy atom. The van der Waals surface area contributed by atoms with E-state index in [1.54, 1.807) is 6.92 Å². The number of hydrogen-bond acceptors (Lipinski definition) is 3. The maximum absolute atomic E-state index is 10.8. The smallest absolute Gasteiger partial charge is 0.235 e. The number of rotatable bonds is 3. The van der Waals surface area contributed by atoms with Crippen LogP contribution in [0.4, 0.5) is 0 Å². The second-order valence-corrected chi connectivity index (χ2v) is 3.54. The molecule has 1 rings (SSSR count). The third kappa shape index (κ3) is 2.56. The van der Waals surface area contributed by atoms with Crippen LogP contribution in [0, 0.1) is 0 Å². The molecular formula is C8H14ClNO3. The first-order valence-electron chi connectivity index (χ1n) is 4.25. The number of aliphatic hydroxyl groups is 1. The molecule has 2 unspecified atom stereocenters. The number of halogens is 1. The molecule has 2 N–H and O–H groups in total. The highest BCUT2D eigenvalue weighted by molar-refractivity contribution is 6.27. The van der Waals surface area contributed by atoms with Crippen LogP contribution in [0.3, 0.4) is 0 Å². The van der Waals surface area contributed by atoms with Gasteiger partial charge in [-0.3, -0.25) is 4.79 Å².